The Hall–Kier alpha value is -2.71. The molecule has 0 spiro atoms. The van der Waals surface area contributed by atoms with Crippen molar-refractivity contribution in [1.29, 1.82) is 0 Å². The Balaban J connectivity index is 1.43. The monoisotopic (exact) mass is 400 g/mol. The van der Waals surface area contributed by atoms with Crippen molar-refractivity contribution < 1.29 is 13.6 Å². The molecule has 1 aliphatic rings. The lowest BCUT2D eigenvalue weighted by molar-refractivity contribution is 0.102. The van der Waals surface area contributed by atoms with Gasteiger partial charge in [-0.05, 0) is 60.9 Å². The molecule has 28 heavy (non-hydrogen) atoms. The highest BCUT2D eigenvalue weighted by molar-refractivity contribution is 7.13. The number of benzene rings is 2. The largest absolute Gasteiger partial charge is 0.320 e. The highest BCUT2D eigenvalue weighted by atomic mass is 32.1. The van der Waals surface area contributed by atoms with E-state index in [0.29, 0.717) is 12.2 Å². The van der Waals surface area contributed by atoms with Crippen LogP contribution >= 0.6 is 11.3 Å². The van der Waals surface area contributed by atoms with Gasteiger partial charge in [0.2, 0.25) is 5.01 Å². The molecule has 1 N–H and O–H groups in total. The lowest BCUT2D eigenvalue weighted by atomic mass is 9.93. The summed E-state index contributed by atoms with van der Waals surface area (Å²) < 4.78 is 26.6. The van der Waals surface area contributed by atoms with Crippen molar-refractivity contribution in [2.45, 2.75) is 25.9 Å². The molecule has 1 unspecified atom stereocenters. The smallest absolute Gasteiger partial charge is 0.286 e. The van der Waals surface area contributed by atoms with Crippen LogP contribution in [0.2, 0.25) is 0 Å². The summed E-state index contributed by atoms with van der Waals surface area (Å²) in [5, 5.41) is 11.7. The van der Waals surface area contributed by atoms with Gasteiger partial charge < -0.3 is 5.32 Å². The van der Waals surface area contributed by atoms with Crippen LogP contribution in [0.15, 0.2) is 42.5 Å². The summed E-state index contributed by atoms with van der Waals surface area (Å²) in [4.78, 5) is 14.5. The predicted molar refractivity (Wildman–Crippen MR) is 103 cm³/mol. The number of carbonyl (C=O) groups excluding carboxylic acids is 1. The van der Waals surface area contributed by atoms with Crippen LogP contribution in [0.1, 0.15) is 38.9 Å². The average molecular weight is 400 g/mol. The van der Waals surface area contributed by atoms with Gasteiger partial charge in [-0.3, -0.25) is 9.69 Å². The molecule has 4 rings (SSSR count). The van der Waals surface area contributed by atoms with Crippen molar-refractivity contribution in [2.24, 2.45) is 0 Å². The van der Waals surface area contributed by atoms with Gasteiger partial charge >= 0.3 is 0 Å². The zero-order valence-electron chi connectivity index (χ0n) is 15.2. The second-order valence-electron chi connectivity index (χ2n) is 6.70. The van der Waals surface area contributed by atoms with Gasteiger partial charge in [0.05, 0.1) is 6.54 Å². The minimum Gasteiger partial charge on any atom is -0.320 e. The Morgan fingerprint density at radius 1 is 1.18 bits per heavy atom. The Kier molecular flexibility index (Phi) is 5.15. The van der Waals surface area contributed by atoms with Gasteiger partial charge in [0, 0.05) is 18.3 Å². The molecule has 0 saturated heterocycles. The standard InChI is InChI=1S/C20H18F2N4OS/c1-12-17-10-15(22)3-2-13(17)8-9-26(12)11-18-24-25-20(28-18)19(27)23-16-6-4-14(21)5-7-16/h2-7,10,12H,8-9,11H2,1H3,(H,23,27). The fourth-order valence-corrected chi connectivity index (χ4v) is 4.11. The van der Waals surface area contributed by atoms with E-state index in [1.165, 1.54) is 47.2 Å². The maximum Gasteiger partial charge on any atom is 0.286 e. The van der Waals surface area contributed by atoms with E-state index in [4.69, 9.17) is 0 Å². The van der Waals surface area contributed by atoms with E-state index in [0.717, 1.165) is 23.5 Å². The number of hydrogen-bond acceptors (Lipinski definition) is 5. The van der Waals surface area contributed by atoms with Crippen LogP contribution in [-0.2, 0) is 13.0 Å². The summed E-state index contributed by atoms with van der Waals surface area (Å²) in [6.07, 6.45) is 0.844. The van der Waals surface area contributed by atoms with Gasteiger partial charge in [0.1, 0.15) is 16.6 Å². The highest BCUT2D eigenvalue weighted by Gasteiger charge is 2.25. The van der Waals surface area contributed by atoms with Crippen LogP contribution in [0, 0.1) is 11.6 Å². The summed E-state index contributed by atoms with van der Waals surface area (Å²) >= 11 is 1.22. The molecule has 0 fully saturated rings. The molecule has 1 aromatic heterocycles. The first-order valence-corrected chi connectivity index (χ1v) is 9.73. The quantitative estimate of drug-likeness (QED) is 0.714. The van der Waals surface area contributed by atoms with Gasteiger partial charge in [0.25, 0.3) is 5.91 Å². The van der Waals surface area contributed by atoms with E-state index in [1.54, 1.807) is 6.07 Å². The lowest BCUT2D eigenvalue weighted by Crippen LogP contribution is -2.33. The molecular weight excluding hydrogens is 382 g/mol. The van der Waals surface area contributed by atoms with Crippen LogP contribution in [0.3, 0.4) is 0 Å². The first-order chi connectivity index (χ1) is 13.5. The fraction of sp³-hybridized carbons (Fsp3) is 0.250. The van der Waals surface area contributed by atoms with Gasteiger partial charge in [-0.1, -0.05) is 17.4 Å². The molecule has 0 radical (unpaired) electrons. The summed E-state index contributed by atoms with van der Waals surface area (Å²) in [6.45, 7) is 3.41. The first-order valence-electron chi connectivity index (χ1n) is 8.91. The second-order valence-corrected chi connectivity index (χ2v) is 7.76. The molecule has 2 heterocycles. The number of carbonyl (C=O) groups is 1. The van der Waals surface area contributed by atoms with Gasteiger partial charge in [0.15, 0.2) is 0 Å². The van der Waals surface area contributed by atoms with E-state index in [-0.39, 0.29) is 28.6 Å². The van der Waals surface area contributed by atoms with Crippen LogP contribution < -0.4 is 5.32 Å². The molecule has 8 heteroatoms. The third-order valence-electron chi connectivity index (χ3n) is 4.88. The van der Waals surface area contributed by atoms with Crippen LogP contribution in [0.25, 0.3) is 0 Å². The van der Waals surface area contributed by atoms with Crippen molar-refractivity contribution in [3.05, 3.63) is 75.2 Å². The number of amides is 1. The van der Waals surface area contributed by atoms with Crippen molar-refractivity contribution in [1.82, 2.24) is 15.1 Å². The van der Waals surface area contributed by atoms with Crippen molar-refractivity contribution in [3.8, 4) is 0 Å². The number of hydrogen-bond donors (Lipinski definition) is 1. The number of nitrogens with one attached hydrogen (secondary N) is 1. The number of fused-ring (bicyclic) bond motifs is 1. The second kappa shape index (κ2) is 7.73. The average Bonchev–Trinajstić information content (AvgIpc) is 3.15. The molecule has 1 atom stereocenters. The third-order valence-corrected chi connectivity index (χ3v) is 5.78. The van der Waals surface area contributed by atoms with E-state index in [9.17, 15) is 13.6 Å². The van der Waals surface area contributed by atoms with E-state index in [1.807, 2.05) is 13.0 Å². The van der Waals surface area contributed by atoms with Crippen LogP contribution in [-0.4, -0.2) is 27.5 Å². The fourth-order valence-electron chi connectivity index (χ4n) is 3.35. The summed E-state index contributed by atoms with van der Waals surface area (Å²) in [6, 6.07) is 10.5. The Morgan fingerprint density at radius 2 is 1.93 bits per heavy atom. The molecule has 0 saturated carbocycles. The zero-order chi connectivity index (χ0) is 19.7. The molecule has 5 nitrogen and oxygen atoms in total. The molecule has 0 aliphatic carbocycles. The molecule has 1 amide bonds. The molecular formula is C20H18F2N4OS. The predicted octanol–water partition coefficient (Wildman–Crippen LogP) is 4.19. The Morgan fingerprint density at radius 3 is 2.71 bits per heavy atom. The van der Waals surface area contributed by atoms with Gasteiger partial charge in [-0.2, -0.15) is 0 Å². The molecule has 2 aromatic carbocycles. The minimum absolute atomic E-state index is 0.0554. The van der Waals surface area contributed by atoms with Crippen LogP contribution in [0.4, 0.5) is 14.5 Å². The molecule has 1 aliphatic heterocycles. The van der Waals surface area contributed by atoms with Gasteiger partial charge in [-0.15, -0.1) is 10.2 Å². The zero-order valence-corrected chi connectivity index (χ0v) is 16.0. The van der Waals surface area contributed by atoms with Crippen molar-refractivity contribution >= 4 is 22.9 Å². The number of anilines is 1. The topological polar surface area (TPSA) is 58.1 Å². The maximum atomic E-state index is 13.6. The van der Waals surface area contributed by atoms with Crippen LogP contribution in [0.5, 0.6) is 0 Å². The Bertz CT molecular complexity index is 1010. The minimum atomic E-state index is -0.380. The number of aromatic nitrogens is 2. The van der Waals surface area contributed by atoms with Crippen molar-refractivity contribution in [2.75, 3.05) is 11.9 Å². The van der Waals surface area contributed by atoms with E-state index < -0.39 is 0 Å². The molecule has 144 valence electrons. The SMILES string of the molecule is CC1c2cc(F)ccc2CCN1Cc1nnc(C(=O)Nc2ccc(F)cc2)s1. The number of rotatable bonds is 4. The number of nitrogens with zero attached hydrogens (tertiary/aromatic N) is 3. The maximum absolute atomic E-state index is 13.6. The highest BCUT2D eigenvalue weighted by Crippen LogP contribution is 2.31. The first kappa shape index (κ1) is 18.6. The molecule has 0 bridgehead atoms. The summed E-state index contributed by atoms with van der Waals surface area (Å²) in [5.74, 6) is -0.981. The van der Waals surface area contributed by atoms with E-state index in [2.05, 4.69) is 20.4 Å². The summed E-state index contributed by atoms with van der Waals surface area (Å²) in [5.41, 5.74) is 2.65. The molecule has 3 aromatic rings. The van der Waals surface area contributed by atoms with E-state index >= 15 is 0 Å². The van der Waals surface area contributed by atoms with Gasteiger partial charge in [-0.25, -0.2) is 8.78 Å². The third kappa shape index (κ3) is 3.93. The summed E-state index contributed by atoms with van der Waals surface area (Å²) in [7, 11) is 0. The van der Waals surface area contributed by atoms with Crippen molar-refractivity contribution in [3.63, 3.8) is 0 Å². The Labute approximate surface area is 165 Å². The number of halogens is 2. The normalized spacial score (nSPS) is 16.6. The lowest BCUT2D eigenvalue weighted by Gasteiger charge is -2.34.